The van der Waals surface area contributed by atoms with Crippen LogP contribution in [-0.2, 0) is 22.5 Å². The second-order valence-corrected chi connectivity index (χ2v) is 1.83. The molecule has 1 aromatic rings. The first kappa shape index (κ1) is 13.6. The van der Waals surface area contributed by atoms with Crippen LogP contribution in [0.2, 0.25) is 0 Å². The van der Waals surface area contributed by atoms with Crippen molar-refractivity contribution in [2.45, 2.75) is 0 Å². The Bertz CT molecular complexity index is 244. The monoisotopic (exact) mass is 209 g/mol. The molecule has 0 spiro atoms. The Hall–Kier alpha value is -1.03. The van der Waals surface area contributed by atoms with Gasteiger partial charge in [0.2, 0.25) is 0 Å². The van der Waals surface area contributed by atoms with E-state index in [2.05, 4.69) is 0 Å². The van der Waals surface area contributed by atoms with Crippen molar-refractivity contribution in [1.29, 1.82) is 0 Å². The third-order valence-corrected chi connectivity index (χ3v) is 1.10. The number of benzene rings is 1. The third-order valence-electron chi connectivity index (χ3n) is 1.10. The maximum Gasteiger partial charge on any atom is 3.00 e. The van der Waals surface area contributed by atoms with Gasteiger partial charge in [0.15, 0.2) is 0 Å². The fourth-order valence-corrected chi connectivity index (χ4v) is 0.598. The van der Waals surface area contributed by atoms with Crippen molar-refractivity contribution in [2.75, 3.05) is 0 Å². The molecule has 1 radical (unpaired) electrons. The topological polar surface area (TPSA) is 88.9 Å². The first-order valence-corrected chi connectivity index (χ1v) is 2.70. The van der Waals surface area contributed by atoms with Crippen LogP contribution in [0.4, 0.5) is 0 Å². The van der Waals surface area contributed by atoms with Gasteiger partial charge in [-0.2, -0.15) is 0 Å². The van der Waals surface area contributed by atoms with E-state index in [9.17, 15) is 9.90 Å². The van der Waals surface area contributed by atoms with Crippen LogP contribution in [0.1, 0.15) is 10.4 Å². The molecule has 65 valence electrons. The number of carboxylic acid groups (broad SMARTS) is 1. The second kappa shape index (κ2) is 5.60. The van der Waals surface area contributed by atoms with Crippen LogP contribution in [0, 0.1) is 0 Å². The van der Waals surface area contributed by atoms with E-state index in [-0.39, 0.29) is 33.9 Å². The molecule has 0 unspecified atom stereocenters. The molecule has 12 heavy (non-hydrogen) atoms. The molecule has 4 nitrogen and oxygen atoms in total. The first-order valence-electron chi connectivity index (χ1n) is 2.70. The summed E-state index contributed by atoms with van der Waals surface area (Å²) in [5.41, 5.74) is 0.139. The third kappa shape index (κ3) is 3.39. The summed E-state index contributed by atoms with van der Waals surface area (Å²) in [5, 5.41) is 18.8. The molecule has 5 heteroatoms. The van der Waals surface area contributed by atoms with Crippen molar-refractivity contribution >= 4 is 5.97 Å². The minimum Gasteiger partial charge on any atom is -2.00 e. The van der Waals surface area contributed by atoms with Gasteiger partial charge < -0.3 is 15.7 Å². The van der Waals surface area contributed by atoms with E-state index in [0.29, 0.717) is 0 Å². The fraction of sp³-hybridized carbons (Fsp3) is 0. The van der Waals surface area contributed by atoms with Gasteiger partial charge in [0.25, 0.3) is 0 Å². The zero-order valence-electron chi connectivity index (χ0n) is 5.83. The standard InChI is InChI=1S/C7H6O3.Fe.O/c8-6-3-1-5(2-4-6)7(9)10;;/h1-4,8H,(H,9,10);;/q;+3;-2/p-1. The molecule has 0 aromatic heterocycles. The van der Waals surface area contributed by atoms with Crippen LogP contribution in [0.25, 0.3) is 0 Å². The van der Waals surface area contributed by atoms with Gasteiger partial charge in [-0.1, -0.05) is 12.1 Å². The minimum atomic E-state index is -1.01. The minimum absolute atomic E-state index is 0. The molecule has 0 saturated carbocycles. The van der Waals surface area contributed by atoms with Crippen LogP contribution in [0.5, 0.6) is 5.75 Å². The number of aromatic carboxylic acids is 1. The summed E-state index contributed by atoms with van der Waals surface area (Å²) in [6.07, 6.45) is 0. The molecule has 0 bridgehead atoms. The predicted molar refractivity (Wildman–Crippen MR) is 33.5 cm³/mol. The van der Waals surface area contributed by atoms with Crippen LogP contribution in [-0.4, -0.2) is 11.1 Å². The van der Waals surface area contributed by atoms with E-state index >= 15 is 0 Å². The van der Waals surface area contributed by atoms with Crippen molar-refractivity contribution in [1.82, 2.24) is 0 Å². The molecule has 0 aliphatic carbocycles. The maximum atomic E-state index is 10.5. The molecule has 1 aromatic carbocycles. The SMILES string of the molecule is O=C(O)c1ccc([O-])cc1.[Fe+3].[O-2]. The average molecular weight is 209 g/mol. The first-order chi connectivity index (χ1) is 4.70. The Morgan fingerprint density at radius 3 is 2.00 bits per heavy atom. The van der Waals surface area contributed by atoms with Crippen molar-refractivity contribution in [2.24, 2.45) is 0 Å². The summed E-state index contributed by atoms with van der Waals surface area (Å²) < 4.78 is 0. The molecular formula is C7H5FeO4. The Balaban J connectivity index is 0. The number of carbonyl (C=O) groups is 1. The Morgan fingerprint density at radius 1 is 1.25 bits per heavy atom. The summed E-state index contributed by atoms with van der Waals surface area (Å²) in [6.45, 7) is 0. The van der Waals surface area contributed by atoms with Gasteiger partial charge in [-0.05, 0) is 12.1 Å². The quantitative estimate of drug-likeness (QED) is 0.676. The van der Waals surface area contributed by atoms with Gasteiger partial charge in [0, 0.05) is 0 Å². The van der Waals surface area contributed by atoms with Crippen LogP contribution < -0.4 is 5.11 Å². The molecule has 0 amide bonds. The predicted octanol–water partition coefficient (Wildman–Crippen LogP) is 0.337. The van der Waals surface area contributed by atoms with E-state index in [1.807, 2.05) is 0 Å². The summed E-state index contributed by atoms with van der Waals surface area (Å²) in [7, 11) is 0. The summed E-state index contributed by atoms with van der Waals surface area (Å²) in [6, 6.07) is 5.02. The largest absolute Gasteiger partial charge is 3.00 e. The van der Waals surface area contributed by atoms with E-state index < -0.39 is 5.97 Å². The van der Waals surface area contributed by atoms with Crippen molar-refractivity contribution in [3.05, 3.63) is 29.8 Å². The zero-order chi connectivity index (χ0) is 7.56. The number of hydrogen-bond acceptors (Lipinski definition) is 2. The number of hydrogen-bond donors (Lipinski definition) is 1. The van der Waals surface area contributed by atoms with E-state index in [0.717, 1.165) is 0 Å². The zero-order valence-corrected chi connectivity index (χ0v) is 6.94. The molecule has 1 N–H and O–H groups in total. The van der Waals surface area contributed by atoms with Crippen LogP contribution >= 0.6 is 0 Å². The normalized spacial score (nSPS) is 7.67. The van der Waals surface area contributed by atoms with E-state index in [4.69, 9.17) is 5.11 Å². The summed E-state index contributed by atoms with van der Waals surface area (Å²) in [5.74, 6) is -1.19. The molecule has 1 rings (SSSR count). The molecule has 0 fully saturated rings. The van der Waals surface area contributed by atoms with Crippen molar-refractivity contribution in [3.8, 4) is 5.75 Å². The fourth-order valence-electron chi connectivity index (χ4n) is 0.598. The maximum absolute atomic E-state index is 10.5. The number of rotatable bonds is 1. The Labute approximate surface area is 79.6 Å². The Morgan fingerprint density at radius 2 is 1.67 bits per heavy atom. The van der Waals surface area contributed by atoms with Gasteiger partial charge in [-0.3, -0.25) is 0 Å². The second-order valence-electron chi connectivity index (χ2n) is 1.83. The van der Waals surface area contributed by atoms with Gasteiger partial charge >= 0.3 is 23.0 Å². The molecule has 0 aliphatic rings. The molecule has 0 heterocycles. The smallest absolute Gasteiger partial charge is 2.00 e. The summed E-state index contributed by atoms with van der Waals surface area (Å²) in [4.78, 5) is 10.2. The van der Waals surface area contributed by atoms with Crippen molar-refractivity contribution in [3.63, 3.8) is 0 Å². The average Bonchev–Trinajstić information content (AvgIpc) is 1.88. The molecule has 0 aliphatic heterocycles. The van der Waals surface area contributed by atoms with Gasteiger partial charge in [-0.25, -0.2) is 4.79 Å². The molecular weight excluding hydrogens is 204 g/mol. The molecule has 0 atom stereocenters. The van der Waals surface area contributed by atoms with Crippen LogP contribution in [0.15, 0.2) is 24.3 Å². The van der Waals surface area contributed by atoms with E-state index in [1.54, 1.807) is 0 Å². The summed E-state index contributed by atoms with van der Waals surface area (Å²) >= 11 is 0. The van der Waals surface area contributed by atoms with Gasteiger partial charge in [-0.15, -0.1) is 5.75 Å². The Kier molecular flexibility index (Phi) is 6.32. The van der Waals surface area contributed by atoms with Crippen molar-refractivity contribution < 1.29 is 37.6 Å². The molecule has 0 saturated heterocycles. The van der Waals surface area contributed by atoms with Gasteiger partial charge in [0.05, 0.1) is 5.56 Å². The number of carboxylic acids is 1. The van der Waals surface area contributed by atoms with Gasteiger partial charge in [0.1, 0.15) is 0 Å². The van der Waals surface area contributed by atoms with Crippen LogP contribution in [0.3, 0.4) is 0 Å². The van der Waals surface area contributed by atoms with E-state index in [1.165, 1.54) is 24.3 Å².